The number of aromatic nitrogens is 1. The van der Waals surface area contributed by atoms with Gasteiger partial charge in [-0.25, -0.2) is 9.37 Å². The summed E-state index contributed by atoms with van der Waals surface area (Å²) in [4.78, 5) is 21.2. The van der Waals surface area contributed by atoms with Crippen molar-refractivity contribution in [3.05, 3.63) is 88.3 Å². The number of rotatable bonds is 7. The summed E-state index contributed by atoms with van der Waals surface area (Å²) in [5.74, 6) is 1.42. The van der Waals surface area contributed by atoms with Gasteiger partial charge in [-0.15, -0.1) is 0 Å². The number of likely N-dealkylation sites (tertiary alicyclic amines) is 1. The molecule has 2 aromatic carbocycles. The van der Waals surface area contributed by atoms with E-state index in [4.69, 9.17) is 16.0 Å². The third kappa shape index (κ3) is 5.96. The van der Waals surface area contributed by atoms with Gasteiger partial charge in [0.15, 0.2) is 5.89 Å². The Morgan fingerprint density at radius 2 is 2.06 bits per heavy atom. The normalized spacial score (nSPS) is 16.5. The molecule has 1 amide bonds. The molecule has 0 spiro atoms. The van der Waals surface area contributed by atoms with E-state index < -0.39 is 0 Å². The minimum Gasteiger partial charge on any atom is -0.445 e. The molecule has 0 aliphatic carbocycles. The lowest BCUT2D eigenvalue weighted by Gasteiger charge is -2.32. The summed E-state index contributed by atoms with van der Waals surface area (Å²) in [6, 6.07) is 14.1. The number of oxazole rings is 1. The van der Waals surface area contributed by atoms with E-state index in [0.29, 0.717) is 37.0 Å². The largest absolute Gasteiger partial charge is 0.445 e. The van der Waals surface area contributed by atoms with E-state index in [2.05, 4.69) is 4.98 Å². The number of amides is 1. The highest BCUT2D eigenvalue weighted by atomic mass is 35.5. The third-order valence-corrected chi connectivity index (χ3v) is 5.97. The van der Waals surface area contributed by atoms with Crippen LogP contribution in [0.2, 0.25) is 5.02 Å². The van der Waals surface area contributed by atoms with Crippen molar-refractivity contribution in [2.45, 2.75) is 31.7 Å². The van der Waals surface area contributed by atoms with Crippen LogP contribution in [0.4, 0.5) is 4.39 Å². The summed E-state index contributed by atoms with van der Waals surface area (Å²) < 4.78 is 19.1. The van der Waals surface area contributed by atoms with Gasteiger partial charge in [-0.3, -0.25) is 9.69 Å². The molecule has 0 unspecified atom stereocenters. The number of nitrogens with zero attached hydrogens (tertiary/aromatic N) is 3. The summed E-state index contributed by atoms with van der Waals surface area (Å²) in [5, 5.41) is 0.702. The molecule has 0 saturated carbocycles. The Bertz CT molecular complexity index is 1050. The number of hydrogen-bond donors (Lipinski definition) is 0. The van der Waals surface area contributed by atoms with Crippen LogP contribution in [0.5, 0.6) is 0 Å². The maximum Gasteiger partial charge on any atom is 0.236 e. The summed E-state index contributed by atoms with van der Waals surface area (Å²) in [6.45, 7) is 2.27. The maximum absolute atomic E-state index is 13.1. The first-order chi connectivity index (χ1) is 15.5. The highest BCUT2D eigenvalue weighted by Crippen LogP contribution is 2.27. The molecule has 1 aliphatic heterocycles. The molecule has 2 heterocycles. The molecule has 7 heteroatoms. The van der Waals surface area contributed by atoms with Gasteiger partial charge >= 0.3 is 0 Å². The second-order valence-electron chi connectivity index (χ2n) is 8.45. The number of likely N-dealkylation sites (N-methyl/N-ethyl adjacent to an activating group) is 1. The number of carbonyl (C=O) groups excluding carboxylic acids is 1. The van der Waals surface area contributed by atoms with Crippen LogP contribution in [0.1, 0.15) is 41.5 Å². The number of halogens is 2. The van der Waals surface area contributed by atoms with Gasteiger partial charge in [0.1, 0.15) is 11.6 Å². The minimum atomic E-state index is -0.255. The van der Waals surface area contributed by atoms with Gasteiger partial charge in [0, 0.05) is 31.1 Å². The molecular formula is C25H27ClFN3O2. The zero-order valence-corrected chi connectivity index (χ0v) is 18.9. The molecule has 4 rings (SSSR count). The van der Waals surface area contributed by atoms with Crippen molar-refractivity contribution in [3.63, 3.8) is 0 Å². The SMILES string of the molecule is CN(CC(=O)N1CCC[C@@H](c2ncc(Cc3cccc(Cl)c3)o2)C1)Cc1ccc(F)cc1. The summed E-state index contributed by atoms with van der Waals surface area (Å²) in [7, 11) is 1.90. The fourth-order valence-corrected chi connectivity index (χ4v) is 4.35. The Kier molecular flexibility index (Phi) is 7.22. The Morgan fingerprint density at radius 1 is 1.25 bits per heavy atom. The van der Waals surface area contributed by atoms with Gasteiger partial charge in [-0.1, -0.05) is 35.9 Å². The lowest BCUT2D eigenvalue weighted by Crippen LogP contribution is -2.43. The van der Waals surface area contributed by atoms with Crippen molar-refractivity contribution < 1.29 is 13.6 Å². The van der Waals surface area contributed by atoms with Crippen LogP contribution in [0.15, 0.2) is 59.1 Å². The van der Waals surface area contributed by atoms with Crippen LogP contribution in [0, 0.1) is 5.82 Å². The summed E-state index contributed by atoms with van der Waals surface area (Å²) >= 11 is 6.07. The van der Waals surface area contributed by atoms with Crippen LogP contribution < -0.4 is 0 Å². The lowest BCUT2D eigenvalue weighted by atomic mass is 9.98. The Hall–Kier alpha value is -2.70. The highest BCUT2D eigenvalue weighted by Gasteiger charge is 2.28. The third-order valence-electron chi connectivity index (χ3n) is 5.73. The van der Waals surface area contributed by atoms with Gasteiger partial charge in [-0.05, 0) is 55.3 Å². The van der Waals surface area contributed by atoms with Gasteiger partial charge in [-0.2, -0.15) is 0 Å². The molecule has 1 aliphatic rings. The Labute approximate surface area is 192 Å². The van der Waals surface area contributed by atoms with Gasteiger partial charge in [0.25, 0.3) is 0 Å². The molecule has 1 aromatic heterocycles. The molecular weight excluding hydrogens is 429 g/mol. The molecule has 0 bridgehead atoms. The van der Waals surface area contributed by atoms with Crippen molar-refractivity contribution in [2.75, 3.05) is 26.7 Å². The fourth-order valence-electron chi connectivity index (χ4n) is 4.13. The van der Waals surface area contributed by atoms with Gasteiger partial charge in [0.05, 0.1) is 18.7 Å². The molecule has 3 aromatic rings. The Morgan fingerprint density at radius 3 is 2.84 bits per heavy atom. The predicted octanol–water partition coefficient (Wildman–Crippen LogP) is 4.90. The first-order valence-electron chi connectivity index (χ1n) is 10.9. The molecule has 0 radical (unpaired) electrons. The Balaban J connectivity index is 1.32. The zero-order valence-electron chi connectivity index (χ0n) is 18.1. The predicted molar refractivity (Wildman–Crippen MR) is 122 cm³/mol. The van der Waals surface area contributed by atoms with Gasteiger partial charge < -0.3 is 9.32 Å². The van der Waals surface area contributed by atoms with Crippen LogP contribution in [0.3, 0.4) is 0 Å². The fraction of sp³-hybridized carbons (Fsp3) is 0.360. The average molecular weight is 456 g/mol. The first kappa shape index (κ1) is 22.5. The first-order valence-corrected chi connectivity index (χ1v) is 11.2. The van der Waals surface area contributed by atoms with Crippen molar-refractivity contribution in [1.29, 1.82) is 0 Å². The maximum atomic E-state index is 13.1. The standard InChI is InChI=1S/C25H27ClFN3O2/c1-29(15-18-7-9-22(27)10-8-18)17-24(31)30-11-3-5-20(16-30)25-28-14-23(32-25)13-19-4-2-6-21(26)12-19/h2,4,6-10,12,14,20H,3,5,11,13,15-17H2,1H3/t20-/m1/s1. The molecule has 168 valence electrons. The monoisotopic (exact) mass is 455 g/mol. The van der Waals surface area contributed by atoms with E-state index in [9.17, 15) is 9.18 Å². The number of carbonyl (C=O) groups is 1. The molecule has 0 N–H and O–H groups in total. The average Bonchev–Trinajstić information content (AvgIpc) is 3.24. The zero-order chi connectivity index (χ0) is 22.5. The smallest absolute Gasteiger partial charge is 0.236 e. The van der Waals surface area contributed by atoms with Crippen LogP contribution >= 0.6 is 11.6 Å². The van der Waals surface area contributed by atoms with Gasteiger partial charge in [0.2, 0.25) is 5.91 Å². The van der Waals surface area contributed by atoms with Crippen LogP contribution in [0.25, 0.3) is 0 Å². The molecule has 1 saturated heterocycles. The number of piperidine rings is 1. The second-order valence-corrected chi connectivity index (χ2v) is 8.89. The van der Waals surface area contributed by atoms with Crippen molar-refractivity contribution in [1.82, 2.24) is 14.8 Å². The molecule has 32 heavy (non-hydrogen) atoms. The number of benzene rings is 2. The van der Waals surface area contributed by atoms with Crippen molar-refractivity contribution in [3.8, 4) is 0 Å². The van der Waals surface area contributed by atoms with Crippen molar-refractivity contribution in [2.24, 2.45) is 0 Å². The van der Waals surface area contributed by atoms with E-state index in [1.54, 1.807) is 18.3 Å². The second kappa shape index (κ2) is 10.3. The minimum absolute atomic E-state index is 0.0880. The number of hydrogen-bond acceptors (Lipinski definition) is 4. The van der Waals surface area contributed by atoms with Crippen molar-refractivity contribution >= 4 is 17.5 Å². The molecule has 1 fully saturated rings. The van der Waals surface area contributed by atoms with E-state index in [1.807, 2.05) is 41.1 Å². The quantitative estimate of drug-likeness (QED) is 0.508. The summed E-state index contributed by atoms with van der Waals surface area (Å²) in [6.07, 6.45) is 4.28. The van der Waals surface area contributed by atoms with E-state index in [1.165, 1.54) is 12.1 Å². The van der Waals surface area contributed by atoms with E-state index in [0.717, 1.165) is 36.3 Å². The van der Waals surface area contributed by atoms with E-state index in [-0.39, 0.29) is 17.6 Å². The van der Waals surface area contributed by atoms with Crippen LogP contribution in [-0.2, 0) is 17.8 Å². The highest BCUT2D eigenvalue weighted by molar-refractivity contribution is 6.30. The topological polar surface area (TPSA) is 49.6 Å². The van der Waals surface area contributed by atoms with E-state index >= 15 is 0 Å². The molecule has 5 nitrogen and oxygen atoms in total. The van der Waals surface area contributed by atoms with Crippen LogP contribution in [-0.4, -0.2) is 47.4 Å². The summed E-state index contributed by atoms with van der Waals surface area (Å²) in [5.41, 5.74) is 2.05. The molecule has 1 atom stereocenters. The lowest BCUT2D eigenvalue weighted by molar-refractivity contribution is -0.133.